The van der Waals surface area contributed by atoms with Crippen LogP contribution < -0.4 is 5.73 Å². The van der Waals surface area contributed by atoms with Crippen molar-refractivity contribution in [1.29, 1.82) is 0 Å². The van der Waals surface area contributed by atoms with Crippen LogP contribution in [0.15, 0.2) is 46.9 Å². The molecule has 0 heterocycles. The highest BCUT2D eigenvalue weighted by Gasteiger charge is 2.11. The molecule has 0 fully saturated rings. The van der Waals surface area contributed by atoms with Crippen molar-refractivity contribution >= 4 is 55.0 Å². The Morgan fingerprint density at radius 3 is 2.58 bits per heavy atom. The molecule has 0 aliphatic rings. The molecular weight excluding hydrogens is 326 g/mol. The summed E-state index contributed by atoms with van der Waals surface area (Å²) >= 11 is 9.74. The standard InChI is InChI=1S/C15H9BrClNO/c16-13-3-1-2-8-6-11-9(15(18)19)4-5-14(17)12(11)7-10(8)13/h1-7H,(H2,18,19). The number of hydrogen-bond donors (Lipinski definition) is 1. The quantitative estimate of drug-likeness (QED) is 0.654. The van der Waals surface area contributed by atoms with Gasteiger partial charge in [0.15, 0.2) is 0 Å². The van der Waals surface area contributed by atoms with E-state index in [4.69, 9.17) is 17.3 Å². The van der Waals surface area contributed by atoms with Gasteiger partial charge in [-0.2, -0.15) is 0 Å². The van der Waals surface area contributed by atoms with Crippen molar-refractivity contribution in [2.24, 2.45) is 5.73 Å². The lowest BCUT2D eigenvalue weighted by Gasteiger charge is -2.08. The molecule has 3 aromatic rings. The molecule has 3 rings (SSSR count). The van der Waals surface area contributed by atoms with Crippen LogP contribution in [0.2, 0.25) is 5.02 Å². The van der Waals surface area contributed by atoms with Gasteiger partial charge in [0, 0.05) is 20.4 Å². The Hall–Kier alpha value is -1.58. The van der Waals surface area contributed by atoms with Crippen molar-refractivity contribution in [2.75, 3.05) is 0 Å². The van der Waals surface area contributed by atoms with Gasteiger partial charge in [-0.1, -0.05) is 39.7 Å². The third kappa shape index (κ3) is 1.99. The molecule has 4 heteroatoms. The second-order valence-electron chi connectivity index (χ2n) is 4.32. The van der Waals surface area contributed by atoms with E-state index < -0.39 is 5.91 Å². The van der Waals surface area contributed by atoms with E-state index in [0.29, 0.717) is 10.6 Å². The summed E-state index contributed by atoms with van der Waals surface area (Å²) in [4.78, 5) is 11.5. The Balaban J connectivity index is 2.53. The number of carbonyl (C=O) groups excluding carboxylic acids is 1. The highest BCUT2D eigenvalue weighted by molar-refractivity contribution is 9.10. The van der Waals surface area contributed by atoms with Crippen LogP contribution in [0.3, 0.4) is 0 Å². The summed E-state index contributed by atoms with van der Waals surface area (Å²) < 4.78 is 0.993. The fourth-order valence-electron chi connectivity index (χ4n) is 2.26. The molecule has 0 unspecified atom stereocenters. The van der Waals surface area contributed by atoms with E-state index in [1.54, 1.807) is 12.1 Å². The predicted molar refractivity (Wildman–Crippen MR) is 82.7 cm³/mol. The van der Waals surface area contributed by atoms with Crippen LogP contribution in [-0.2, 0) is 0 Å². The molecule has 0 radical (unpaired) electrons. The number of hydrogen-bond acceptors (Lipinski definition) is 1. The summed E-state index contributed by atoms with van der Waals surface area (Å²) in [5.41, 5.74) is 5.90. The number of nitrogens with two attached hydrogens (primary N) is 1. The molecule has 0 atom stereocenters. The number of fused-ring (bicyclic) bond motifs is 2. The average Bonchev–Trinajstić information content (AvgIpc) is 2.38. The summed E-state index contributed by atoms with van der Waals surface area (Å²) in [6.07, 6.45) is 0. The Kier molecular flexibility index (Phi) is 2.96. The lowest BCUT2D eigenvalue weighted by atomic mass is 9.99. The minimum absolute atomic E-state index is 0.448. The molecule has 19 heavy (non-hydrogen) atoms. The second-order valence-corrected chi connectivity index (χ2v) is 5.58. The van der Waals surface area contributed by atoms with Crippen molar-refractivity contribution < 1.29 is 4.79 Å². The normalized spacial score (nSPS) is 11.1. The number of rotatable bonds is 1. The van der Waals surface area contributed by atoms with Gasteiger partial charge in [0.25, 0.3) is 0 Å². The van der Waals surface area contributed by atoms with Gasteiger partial charge in [-0.15, -0.1) is 0 Å². The second kappa shape index (κ2) is 4.51. The van der Waals surface area contributed by atoms with Gasteiger partial charge in [-0.05, 0) is 46.5 Å². The summed E-state index contributed by atoms with van der Waals surface area (Å²) in [6.45, 7) is 0. The zero-order chi connectivity index (χ0) is 13.6. The molecule has 3 aromatic carbocycles. The van der Waals surface area contributed by atoms with E-state index >= 15 is 0 Å². The lowest BCUT2D eigenvalue weighted by Crippen LogP contribution is -2.11. The van der Waals surface area contributed by atoms with Crippen molar-refractivity contribution in [1.82, 2.24) is 0 Å². The molecule has 0 saturated carbocycles. The van der Waals surface area contributed by atoms with Crippen molar-refractivity contribution in [3.05, 3.63) is 57.5 Å². The number of halogens is 2. The zero-order valence-corrected chi connectivity index (χ0v) is 12.1. The van der Waals surface area contributed by atoms with Crippen LogP contribution in [0.4, 0.5) is 0 Å². The molecule has 0 bridgehead atoms. The highest BCUT2D eigenvalue weighted by Crippen LogP contribution is 2.33. The number of primary amides is 1. The first-order chi connectivity index (χ1) is 9.08. The summed E-state index contributed by atoms with van der Waals surface area (Å²) in [5.74, 6) is -0.448. The summed E-state index contributed by atoms with van der Waals surface area (Å²) in [6, 6.07) is 13.2. The first kappa shape index (κ1) is 12.5. The topological polar surface area (TPSA) is 43.1 Å². The monoisotopic (exact) mass is 333 g/mol. The first-order valence-corrected chi connectivity index (χ1v) is 6.85. The van der Waals surface area contributed by atoms with Crippen LogP contribution >= 0.6 is 27.5 Å². The fraction of sp³-hybridized carbons (Fsp3) is 0. The Morgan fingerprint density at radius 1 is 1.05 bits per heavy atom. The van der Waals surface area contributed by atoms with Gasteiger partial charge < -0.3 is 5.73 Å². The first-order valence-electron chi connectivity index (χ1n) is 5.68. The largest absolute Gasteiger partial charge is 0.366 e. The molecule has 94 valence electrons. The lowest BCUT2D eigenvalue weighted by molar-refractivity contribution is 0.100. The van der Waals surface area contributed by atoms with Gasteiger partial charge in [0.1, 0.15) is 0 Å². The smallest absolute Gasteiger partial charge is 0.249 e. The van der Waals surface area contributed by atoms with E-state index in [-0.39, 0.29) is 0 Å². The molecule has 0 spiro atoms. The van der Waals surface area contributed by atoms with Gasteiger partial charge in [-0.3, -0.25) is 4.79 Å². The van der Waals surface area contributed by atoms with Gasteiger partial charge in [0.05, 0.1) is 0 Å². The molecule has 0 aliphatic heterocycles. The Morgan fingerprint density at radius 2 is 1.84 bits per heavy atom. The highest BCUT2D eigenvalue weighted by atomic mass is 79.9. The van der Waals surface area contributed by atoms with Crippen molar-refractivity contribution in [3.8, 4) is 0 Å². The van der Waals surface area contributed by atoms with Crippen LogP contribution in [0.5, 0.6) is 0 Å². The maximum atomic E-state index is 11.5. The minimum Gasteiger partial charge on any atom is -0.366 e. The van der Waals surface area contributed by atoms with Gasteiger partial charge in [-0.25, -0.2) is 0 Å². The molecule has 1 amide bonds. The van der Waals surface area contributed by atoms with Crippen LogP contribution in [0, 0.1) is 0 Å². The van der Waals surface area contributed by atoms with Crippen LogP contribution in [0.25, 0.3) is 21.5 Å². The van der Waals surface area contributed by atoms with E-state index in [2.05, 4.69) is 15.9 Å². The van der Waals surface area contributed by atoms with Crippen LogP contribution in [-0.4, -0.2) is 5.91 Å². The van der Waals surface area contributed by atoms with Gasteiger partial charge >= 0.3 is 0 Å². The van der Waals surface area contributed by atoms with Crippen molar-refractivity contribution in [3.63, 3.8) is 0 Å². The maximum absolute atomic E-state index is 11.5. The molecule has 2 N–H and O–H groups in total. The average molecular weight is 335 g/mol. The van der Waals surface area contributed by atoms with Crippen LogP contribution in [0.1, 0.15) is 10.4 Å². The van der Waals surface area contributed by atoms with E-state index in [1.165, 1.54) is 0 Å². The van der Waals surface area contributed by atoms with E-state index in [1.807, 2.05) is 30.3 Å². The third-order valence-electron chi connectivity index (χ3n) is 3.17. The fourth-order valence-corrected chi connectivity index (χ4v) is 2.97. The molecule has 0 aliphatic carbocycles. The zero-order valence-electron chi connectivity index (χ0n) is 9.78. The van der Waals surface area contributed by atoms with Gasteiger partial charge in [0.2, 0.25) is 5.91 Å². The number of carbonyl (C=O) groups is 1. The molecule has 2 nitrogen and oxygen atoms in total. The number of amides is 1. The predicted octanol–water partition coefficient (Wildman–Crippen LogP) is 4.51. The third-order valence-corrected chi connectivity index (χ3v) is 4.20. The Labute approximate surface area is 123 Å². The Bertz CT molecular complexity index is 829. The summed E-state index contributed by atoms with van der Waals surface area (Å²) in [7, 11) is 0. The molecule has 0 aromatic heterocycles. The number of benzene rings is 3. The maximum Gasteiger partial charge on any atom is 0.249 e. The molecule has 0 saturated heterocycles. The summed E-state index contributed by atoms with van der Waals surface area (Å²) in [5, 5.41) is 4.31. The SMILES string of the molecule is NC(=O)c1ccc(Cl)c2cc3c(Br)cccc3cc12. The van der Waals surface area contributed by atoms with E-state index in [9.17, 15) is 4.79 Å². The molecular formula is C15H9BrClNO. The minimum atomic E-state index is -0.448. The van der Waals surface area contributed by atoms with E-state index in [0.717, 1.165) is 26.0 Å². The van der Waals surface area contributed by atoms with Crippen molar-refractivity contribution in [2.45, 2.75) is 0 Å².